The van der Waals surface area contributed by atoms with Gasteiger partial charge in [-0.2, -0.15) is 0 Å². The predicted octanol–water partition coefficient (Wildman–Crippen LogP) is -1.37. The molecule has 2 unspecified atom stereocenters. The molecule has 82 valence electrons. The largest absolute Gasteiger partial charge is 0.480 e. The number of carboxylic acid groups (broad SMARTS) is 1. The summed E-state index contributed by atoms with van der Waals surface area (Å²) < 4.78 is 16.4. The molecule has 0 spiro atoms. The van der Waals surface area contributed by atoms with Crippen molar-refractivity contribution in [3.05, 3.63) is 0 Å². The van der Waals surface area contributed by atoms with Crippen molar-refractivity contribution in [1.29, 1.82) is 0 Å². The molecule has 0 aromatic heterocycles. The van der Waals surface area contributed by atoms with Crippen molar-refractivity contribution in [2.45, 2.75) is 18.6 Å². The first-order valence-corrected chi connectivity index (χ1v) is 3.94. The first kappa shape index (κ1) is 12.8. The number of aliphatic carboxylic acids is 1. The minimum Gasteiger partial charge on any atom is -0.480 e. The molecule has 14 heavy (non-hydrogen) atoms. The summed E-state index contributed by atoms with van der Waals surface area (Å²) >= 11 is 0. The highest BCUT2D eigenvalue weighted by Crippen LogP contribution is 2.01. The molecule has 1 amide bonds. The molecule has 0 saturated carbocycles. The van der Waals surface area contributed by atoms with Gasteiger partial charge in [-0.15, -0.1) is 0 Å². The van der Waals surface area contributed by atoms with Crippen molar-refractivity contribution in [2.75, 3.05) is 13.3 Å². The van der Waals surface area contributed by atoms with Crippen LogP contribution in [0.15, 0.2) is 0 Å². The molecule has 0 aliphatic heterocycles. The Morgan fingerprint density at radius 2 is 2.07 bits per heavy atom. The smallest absolute Gasteiger partial charge is 0.320 e. The van der Waals surface area contributed by atoms with Gasteiger partial charge in [0.2, 0.25) is 5.91 Å². The van der Waals surface area contributed by atoms with Gasteiger partial charge in [-0.1, -0.05) is 0 Å². The lowest BCUT2D eigenvalue weighted by molar-refractivity contribution is -0.140. The Bertz CT molecular complexity index is 212. The summed E-state index contributed by atoms with van der Waals surface area (Å²) in [6.45, 7) is -1.08. The summed E-state index contributed by atoms with van der Waals surface area (Å²) in [5, 5.41) is 8.43. The van der Waals surface area contributed by atoms with Crippen LogP contribution in [-0.4, -0.2) is 42.4 Å². The number of alkyl halides is 1. The van der Waals surface area contributed by atoms with Crippen molar-refractivity contribution in [2.24, 2.45) is 11.5 Å². The SMILES string of the molecule is NC(=O)C(CC(N)C(=O)O)OCC[19F]. The van der Waals surface area contributed by atoms with Gasteiger partial charge in [-0.25, -0.2) is 4.39 Å². The zero-order valence-electron chi connectivity index (χ0n) is 7.48. The number of hydrogen-bond acceptors (Lipinski definition) is 4. The lowest BCUT2D eigenvalue weighted by atomic mass is 10.1. The third kappa shape index (κ3) is 4.73. The summed E-state index contributed by atoms with van der Waals surface area (Å²) in [7, 11) is 0. The molecule has 0 aliphatic carbocycles. The molecule has 2 atom stereocenters. The number of amides is 1. The molecular formula is C7H13FN2O4. The van der Waals surface area contributed by atoms with Gasteiger partial charge >= 0.3 is 5.97 Å². The number of hydrogen-bond donors (Lipinski definition) is 3. The topological polar surface area (TPSA) is 116 Å². The standard InChI is InChI=1S/C7H13FN2O4/c8-1-2-14-5(6(10)11)3-4(9)7(12)13/h4-5H,1-3,9H2,(H2,10,11)(H,12,13)/i8+0. The maximum Gasteiger partial charge on any atom is 0.320 e. The van der Waals surface area contributed by atoms with Crippen molar-refractivity contribution in [3.8, 4) is 0 Å². The lowest BCUT2D eigenvalue weighted by Gasteiger charge is -2.15. The van der Waals surface area contributed by atoms with Crippen LogP contribution < -0.4 is 11.5 Å². The molecule has 0 fully saturated rings. The quantitative estimate of drug-likeness (QED) is 0.477. The Kier molecular flexibility index (Phi) is 5.73. The number of carboxylic acids is 1. The van der Waals surface area contributed by atoms with E-state index in [-0.39, 0.29) is 13.0 Å². The van der Waals surface area contributed by atoms with E-state index in [0.717, 1.165) is 0 Å². The fraction of sp³-hybridized carbons (Fsp3) is 0.714. The molecule has 7 heteroatoms. The van der Waals surface area contributed by atoms with Crippen molar-refractivity contribution < 1.29 is 23.8 Å². The zero-order chi connectivity index (χ0) is 11.1. The minimum atomic E-state index is -1.26. The second-order valence-electron chi connectivity index (χ2n) is 2.63. The fourth-order valence-corrected chi connectivity index (χ4v) is 0.785. The van der Waals surface area contributed by atoms with Gasteiger partial charge in [-0.05, 0) is 0 Å². The highest BCUT2D eigenvalue weighted by Gasteiger charge is 2.23. The van der Waals surface area contributed by atoms with Gasteiger partial charge in [0.25, 0.3) is 0 Å². The van der Waals surface area contributed by atoms with Crippen LogP contribution >= 0.6 is 0 Å². The summed E-state index contributed by atoms with van der Waals surface area (Å²) in [5.74, 6) is -2.12. The fourth-order valence-electron chi connectivity index (χ4n) is 0.785. The van der Waals surface area contributed by atoms with Crippen molar-refractivity contribution >= 4 is 11.9 Å². The minimum absolute atomic E-state index is 0.259. The number of nitrogens with two attached hydrogens (primary N) is 2. The van der Waals surface area contributed by atoms with Crippen LogP contribution in [0, 0.1) is 0 Å². The van der Waals surface area contributed by atoms with E-state index < -0.39 is 30.7 Å². The van der Waals surface area contributed by atoms with Crippen LogP contribution in [0.1, 0.15) is 6.42 Å². The zero-order valence-corrected chi connectivity index (χ0v) is 7.48. The first-order chi connectivity index (χ1) is 6.49. The Balaban J connectivity index is 4.08. The Labute approximate surface area is 80.0 Å². The number of carbonyl (C=O) groups excluding carboxylic acids is 1. The monoisotopic (exact) mass is 208 g/mol. The van der Waals surface area contributed by atoms with Crippen molar-refractivity contribution in [1.82, 2.24) is 0 Å². The molecule has 0 aromatic rings. The molecule has 0 aliphatic rings. The first-order valence-electron chi connectivity index (χ1n) is 3.94. The van der Waals surface area contributed by atoms with E-state index >= 15 is 0 Å². The number of primary amides is 1. The number of carbonyl (C=O) groups is 2. The van der Waals surface area contributed by atoms with Crippen LogP contribution in [0.4, 0.5) is 4.39 Å². The third-order valence-corrected chi connectivity index (χ3v) is 1.50. The Hall–Kier alpha value is -1.21. The number of ether oxygens (including phenoxy) is 1. The number of rotatable bonds is 7. The molecular weight excluding hydrogens is 195 g/mol. The van der Waals surface area contributed by atoms with Crippen LogP contribution in [0.25, 0.3) is 0 Å². The molecule has 0 rings (SSSR count). The van der Waals surface area contributed by atoms with Gasteiger partial charge in [-0.3, -0.25) is 9.59 Å². The average Bonchev–Trinajstić information content (AvgIpc) is 2.10. The van der Waals surface area contributed by atoms with Gasteiger partial charge in [0.1, 0.15) is 18.8 Å². The van der Waals surface area contributed by atoms with E-state index in [0.29, 0.717) is 0 Å². The summed E-state index contributed by atoms with van der Waals surface area (Å²) in [5.41, 5.74) is 10.0. The van der Waals surface area contributed by atoms with Crippen LogP contribution in [0.2, 0.25) is 0 Å². The molecule has 0 saturated heterocycles. The second kappa shape index (κ2) is 6.28. The number of halogens is 1. The van der Waals surface area contributed by atoms with E-state index in [1.165, 1.54) is 0 Å². The van der Waals surface area contributed by atoms with E-state index in [2.05, 4.69) is 4.74 Å². The van der Waals surface area contributed by atoms with E-state index in [1.807, 2.05) is 0 Å². The van der Waals surface area contributed by atoms with Gasteiger partial charge < -0.3 is 21.3 Å². The van der Waals surface area contributed by atoms with Gasteiger partial charge in [0.15, 0.2) is 0 Å². The molecule has 0 heterocycles. The molecule has 5 N–H and O–H groups in total. The van der Waals surface area contributed by atoms with E-state index in [4.69, 9.17) is 16.6 Å². The normalized spacial score (nSPS) is 14.7. The second-order valence-corrected chi connectivity index (χ2v) is 2.63. The maximum atomic E-state index is 11.7. The highest BCUT2D eigenvalue weighted by molar-refractivity contribution is 5.80. The summed E-state index contributed by atoms with van der Waals surface area (Å²) in [6.07, 6.45) is -1.41. The van der Waals surface area contributed by atoms with Crippen LogP contribution in [0.3, 0.4) is 0 Å². The van der Waals surface area contributed by atoms with Crippen LogP contribution in [-0.2, 0) is 14.3 Å². The Morgan fingerprint density at radius 3 is 2.43 bits per heavy atom. The molecule has 0 radical (unpaired) electrons. The maximum absolute atomic E-state index is 11.7. The summed E-state index contributed by atoms with van der Waals surface area (Å²) in [4.78, 5) is 21.0. The van der Waals surface area contributed by atoms with Gasteiger partial charge in [0, 0.05) is 6.42 Å². The van der Waals surface area contributed by atoms with Crippen molar-refractivity contribution in [3.63, 3.8) is 0 Å². The van der Waals surface area contributed by atoms with E-state index in [9.17, 15) is 14.0 Å². The Morgan fingerprint density at radius 1 is 1.50 bits per heavy atom. The lowest BCUT2D eigenvalue weighted by Crippen LogP contribution is -2.41. The average molecular weight is 208 g/mol. The molecule has 6 nitrogen and oxygen atoms in total. The molecule has 0 aromatic carbocycles. The van der Waals surface area contributed by atoms with E-state index in [1.54, 1.807) is 0 Å². The predicted molar refractivity (Wildman–Crippen MR) is 45.1 cm³/mol. The van der Waals surface area contributed by atoms with Gasteiger partial charge in [0.05, 0.1) is 6.61 Å². The molecule has 0 bridgehead atoms. The van der Waals surface area contributed by atoms with Crippen LogP contribution in [0.5, 0.6) is 0 Å². The third-order valence-electron chi connectivity index (χ3n) is 1.50. The highest BCUT2D eigenvalue weighted by atomic mass is 19.1. The summed E-state index contributed by atoms with van der Waals surface area (Å²) in [6, 6.07) is -1.24.